The van der Waals surface area contributed by atoms with Crippen LogP contribution in [0.25, 0.3) is 10.8 Å². The Kier molecular flexibility index (Phi) is 6.09. The maximum absolute atomic E-state index is 12.7. The second kappa shape index (κ2) is 9.11. The number of benzene rings is 4. The molecule has 32 heavy (non-hydrogen) atoms. The maximum Gasteiger partial charge on any atom is 0.236 e. The van der Waals surface area contributed by atoms with Gasteiger partial charge in [0.15, 0.2) is 0 Å². The molecular weight excluding hydrogens is 424 g/mol. The molecule has 1 amide bonds. The molecule has 6 nitrogen and oxygen atoms in total. The van der Waals surface area contributed by atoms with Gasteiger partial charge in [0.25, 0.3) is 0 Å². The van der Waals surface area contributed by atoms with Crippen molar-refractivity contribution in [2.75, 3.05) is 10.0 Å². The first-order valence-corrected chi connectivity index (χ1v) is 11.7. The monoisotopic (exact) mass is 446 g/mol. The molecular formula is C25H22N2O4S. The van der Waals surface area contributed by atoms with Crippen molar-refractivity contribution in [2.45, 2.75) is 12.7 Å². The molecule has 4 aromatic carbocycles. The van der Waals surface area contributed by atoms with E-state index in [0.717, 1.165) is 16.5 Å². The minimum atomic E-state index is -3.69. The lowest BCUT2D eigenvalue weighted by Gasteiger charge is -2.13. The smallest absolute Gasteiger partial charge is 0.236 e. The first kappa shape index (κ1) is 21.4. The summed E-state index contributed by atoms with van der Waals surface area (Å²) in [5, 5.41) is 4.73. The predicted molar refractivity (Wildman–Crippen MR) is 127 cm³/mol. The van der Waals surface area contributed by atoms with Crippen LogP contribution in [0.5, 0.6) is 11.5 Å². The van der Waals surface area contributed by atoms with Gasteiger partial charge in [-0.15, -0.1) is 0 Å². The van der Waals surface area contributed by atoms with Gasteiger partial charge in [0.1, 0.15) is 11.5 Å². The minimum Gasteiger partial charge on any atom is -0.457 e. The van der Waals surface area contributed by atoms with Crippen molar-refractivity contribution in [2.24, 2.45) is 0 Å². The third-order valence-electron chi connectivity index (χ3n) is 4.78. The molecule has 0 atom stereocenters. The summed E-state index contributed by atoms with van der Waals surface area (Å²) in [4.78, 5) is 11.4. The Morgan fingerprint density at radius 3 is 2.31 bits per heavy atom. The van der Waals surface area contributed by atoms with Crippen LogP contribution in [-0.4, -0.2) is 14.3 Å². The highest BCUT2D eigenvalue weighted by Crippen LogP contribution is 2.30. The molecule has 0 radical (unpaired) electrons. The van der Waals surface area contributed by atoms with Crippen LogP contribution in [-0.2, 0) is 20.6 Å². The molecule has 0 saturated carbocycles. The number of carbonyl (C=O) groups is 1. The summed E-state index contributed by atoms with van der Waals surface area (Å²) in [7, 11) is -3.69. The van der Waals surface area contributed by atoms with E-state index >= 15 is 0 Å². The molecule has 0 fully saturated rings. The molecule has 7 heteroatoms. The average molecular weight is 447 g/mol. The van der Waals surface area contributed by atoms with E-state index in [1.807, 2.05) is 42.5 Å². The third-order valence-corrected chi connectivity index (χ3v) is 6.02. The molecule has 0 bridgehead atoms. The van der Waals surface area contributed by atoms with E-state index in [1.54, 1.807) is 48.5 Å². The van der Waals surface area contributed by atoms with Crippen LogP contribution >= 0.6 is 0 Å². The van der Waals surface area contributed by atoms with Crippen molar-refractivity contribution in [1.29, 1.82) is 0 Å². The van der Waals surface area contributed by atoms with Crippen molar-refractivity contribution >= 4 is 38.1 Å². The third kappa shape index (κ3) is 5.25. The van der Waals surface area contributed by atoms with E-state index in [4.69, 9.17) is 4.74 Å². The number of para-hydroxylation sites is 1. The predicted octanol–water partition coefficient (Wildman–Crippen LogP) is 5.53. The highest BCUT2D eigenvalue weighted by molar-refractivity contribution is 7.91. The van der Waals surface area contributed by atoms with E-state index in [-0.39, 0.29) is 11.7 Å². The highest BCUT2D eigenvalue weighted by Gasteiger charge is 2.15. The Labute approximate surface area is 186 Å². The Balaban J connectivity index is 1.47. The molecule has 2 N–H and O–H groups in total. The van der Waals surface area contributed by atoms with Gasteiger partial charge >= 0.3 is 0 Å². The summed E-state index contributed by atoms with van der Waals surface area (Å²) >= 11 is 0. The fraction of sp³-hybridized carbons (Fsp3) is 0.0800. The maximum atomic E-state index is 12.7. The first-order chi connectivity index (χ1) is 15.4. The van der Waals surface area contributed by atoms with Gasteiger partial charge in [-0.2, -0.15) is 0 Å². The van der Waals surface area contributed by atoms with E-state index in [1.165, 1.54) is 6.92 Å². The number of nitrogens with one attached hydrogen (secondary N) is 2. The largest absolute Gasteiger partial charge is 0.457 e. The van der Waals surface area contributed by atoms with Gasteiger partial charge < -0.3 is 10.1 Å². The number of rotatable bonds is 7. The van der Waals surface area contributed by atoms with Gasteiger partial charge in [0, 0.05) is 23.7 Å². The summed E-state index contributed by atoms with van der Waals surface area (Å²) in [6.07, 6.45) is 0. The van der Waals surface area contributed by atoms with Crippen LogP contribution in [0.1, 0.15) is 12.5 Å². The van der Waals surface area contributed by atoms with Crippen LogP contribution in [0.3, 0.4) is 0 Å². The summed E-state index contributed by atoms with van der Waals surface area (Å²) < 4.78 is 33.9. The number of sulfonamides is 1. The molecule has 4 aromatic rings. The molecule has 0 unspecified atom stereocenters. The number of fused-ring (bicyclic) bond motifs is 1. The SMILES string of the molecule is CC(=O)Nc1ccccc1CS(=O)(=O)Nc1ccc(Oc2cccc3ccccc23)cc1. The molecule has 4 rings (SSSR count). The highest BCUT2D eigenvalue weighted by atomic mass is 32.2. The second-order valence-electron chi connectivity index (χ2n) is 7.30. The molecule has 0 saturated heterocycles. The topological polar surface area (TPSA) is 84.5 Å². The average Bonchev–Trinajstić information content (AvgIpc) is 2.76. The van der Waals surface area contributed by atoms with Crippen molar-refractivity contribution < 1.29 is 17.9 Å². The van der Waals surface area contributed by atoms with Crippen molar-refractivity contribution in [3.63, 3.8) is 0 Å². The fourth-order valence-electron chi connectivity index (χ4n) is 3.38. The molecule has 0 aliphatic heterocycles. The zero-order valence-corrected chi connectivity index (χ0v) is 18.2. The van der Waals surface area contributed by atoms with Crippen LogP contribution in [0.4, 0.5) is 11.4 Å². The second-order valence-corrected chi connectivity index (χ2v) is 9.03. The summed E-state index contributed by atoms with van der Waals surface area (Å²) in [6, 6.07) is 27.3. The Morgan fingerprint density at radius 2 is 1.53 bits per heavy atom. The van der Waals surface area contributed by atoms with Crippen LogP contribution in [0, 0.1) is 0 Å². The lowest BCUT2D eigenvalue weighted by Crippen LogP contribution is -2.17. The summed E-state index contributed by atoms with van der Waals surface area (Å²) in [6.45, 7) is 1.38. The van der Waals surface area contributed by atoms with Gasteiger partial charge in [0.2, 0.25) is 15.9 Å². The molecule has 162 valence electrons. The zero-order valence-electron chi connectivity index (χ0n) is 17.4. The molecule has 0 heterocycles. The van der Waals surface area contributed by atoms with Crippen LogP contribution in [0.2, 0.25) is 0 Å². The standard InChI is InChI=1S/C25H22N2O4S/c1-18(28)26-24-11-5-3-8-20(24)17-32(29,30)27-21-13-15-22(16-14-21)31-25-12-6-9-19-7-2-4-10-23(19)25/h2-16,27H,17H2,1H3,(H,26,28). The Hall–Kier alpha value is -3.84. The Bertz CT molecular complexity index is 1360. The van der Waals surface area contributed by atoms with Gasteiger partial charge in [-0.1, -0.05) is 54.6 Å². The molecule has 0 aliphatic carbocycles. The molecule has 0 spiro atoms. The van der Waals surface area contributed by atoms with Crippen molar-refractivity contribution in [3.05, 3.63) is 96.6 Å². The minimum absolute atomic E-state index is 0.260. The first-order valence-electron chi connectivity index (χ1n) is 10.0. The normalized spacial score (nSPS) is 11.2. The lowest BCUT2D eigenvalue weighted by molar-refractivity contribution is -0.114. The van der Waals surface area contributed by atoms with E-state index in [0.29, 0.717) is 22.7 Å². The number of hydrogen-bond acceptors (Lipinski definition) is 4. The fourth-order valence-corrected chi connectivity index (χ4v) is 4.61. The number of ether oxygens (including phenoxy) is 1. The van der Waals surface area contributed by atoms with Crippen molar-refractivity contribution in [1.82, 2.24) is 0 Å². The number of carbonyl (C=O) groups excluding carboxylic acids is 1. The van der Waals surface area contributed by atoms with Crippen LogP contribution in [0.15, 0.2) is 91.0 Å². The van der Waals surface area contributed by atoms with E-state index in [9.17, 15) is 13.2 Å². The quantitative estimate of drug-likeness (QED) is 0.391. The number of anilines is 2. The van der Waals surface area contributed by atoms with Crippen LogP contribution < -0.4 is 14.8 Å². The van der Waals surface area contributed by atoms with Gasteiger partial charge in [-0.05, 0) is 47.3 Å². The van der Waals surface area contributed by atoms with Gasteiger partial charge in [-0.3, -0.25) is 9.52 Å². The number of amides is 1. The summed E-state index contributed by atoms with van der Waals surface area (Å²) in [5.74, 6) is 0.799. The lowest BCUT2D eigenvalue weighted by atomic mass is 10.1. The molecule has 0 aromatic heterocycles. The van der Waals surface area contributed by atoms with E-state index in [2.05, 4.69) is 10.0 Å². The zero-order chi connectivity index (χ0) is 22.6. The van der Waals surface area contributed by atoms with Crippen molar-refractivity contribution in [3.8, 4) is 11.5 Å². The van der Waals surface area contributed by atoms with Gasteiger partial charge in [-0.25, -0.2) is 8.42 Å². The molecule has 0 aliphatic rings. The van der Waals surface area contributed by atoms with E-state index < -0.39 is 10.0 Å². The van der Waals surface area contributed by atoms with Gasteiger partial charge in [0.05, 0.1) is 5.75 Å². The number of hydrogen-bond donors (Lipinski definition) is 2. The Morgan fingerprint density at radius 1 is 0.844 bits per heavy atom. The summed E-state index contributed by atoms with van der Waals surface area (Å²) in [5.41, 5.74) is 1.41.